The lowest BCUT2D eigenvalue weighted by Crippen LogP contribution is -2.41. The zero-order valence-electron chi connectivity index (χ0n) is 15.9. The van der Waals surface area contributed by atoms with Crippen LogP contribution in [0.5, 0.6) is 0 Å². The number of likely N-dealkylation sites (tertiary alicyclic amines) is 1. The highest BCUT2D eigenvalue weighted by Gasteiger charge is 2.20. The second-order valence-corrected chi connectivity index (χ2v) is 7.25. The first-order valence-electron chi connectivity index (χ1n) is 9.51. The molecule has 26 heavy (non-hydrogen) atoms. The number of hydrogen-bond acceptors (Lipinski definition) is 3. The van der Waals surface area contributed by atoms with Gasteiger partial charge in [-0.05, 0) is 24.0 Å². The molecule has 2 fully saturated rings. The predicted molar refractivity (Wildman–Crippen MR) is 103 cm³/mol. The van der Waals surface area contributed by atoms with Gasteiger partial charge < -0.3 is 19.9 Å². The first-order valence-corrected chi connectivity index (χ1v) is 9.51. The normalized spacial score (nSPS) is 20.7. The number of ether oxygens (including phenoxy) is 1. The van der Waals surface area contributed by atoms with Gasteiger partial charge in [0.15, 0.2) is 5.96 Å². The molecule has 1 aromatic carbocycles. The molecule has 2 heterocycles. The van der Waals surface area contributed by atoms with Crippen molar-refractivity contribution in [3.63, 3.8) is 0 Å². The standard InChI is InChI=1S/C20H30N4O2/c1-21-20(23(2)13-18-8-10-26-15-18)22-12-16-5-3-6-17(11-16)14-24-9-4-7-19(24)25/h3,5-6,11,18H,4,7-10,12-15H2,1-2H3,(H,21,22). The van der Waals surface area contributed by atoms with Crippen LogP contribution in [0.15, 0.2) is 29.3 Å². The van der Waals surface area contributed by atoms with Crippen molar-refractivity contribution in [3.05, 3.63) is 35.4 Å². The number of carbonyl (C=O) groups is 1. The number of amides is 1. The van der Waals surface area contributed by atoms with Crippen molar-refractivity contribution in [2.45, 2.75) is 32.4 Å². The Hall–Kier alpha value is -2.08. The van der Waals surface area contributed by atoms with Crippen molar-refractivity contribution in [1.29, 1.82) is 0 Å². The van der Waals surface area contributed by atoms with Gasteiger partial charge in [0.25, 0.3) is 0 Å². The zero-order valence-corrected chi connectivity index (χ0v) is 15.9. The summed E-state index contributed by atoms with van der Waals surface area (Å²) in [7, 11) is 3.89. The molecule has 0 spiro atoms. The highest BCUT2D eigenvalue weighted by atomic mass is 16.5. The molecule has 0 saturated carbocycles. The summed E-state index contributed by atoms with van der Waals surface area (Å²) in [6.45, 7) is 4.98. The number of rotatable bonds is 6. The molecule has 0 bridgehead atoms. The molecule has 1 atom stereocenters. The summed E-state index contributed by atoms with van der Waals surface area (Å²) in [4.78, 5) is 20.3. The topological polar surface area (TPSA) is 57.2 Å². The monoisotopic (exact) mass is 358 g/mol. The van der Waals surface area contributed by atoms with Crippen LogP contribution in [-0.2, 0) is 22.6 Å². The Labute approximate surface area is 156 Å². The Kier molecular flexibility index (Phi) is 6.50. The summed E-state index contributed by atoms with van der Waals surface area (Å²) in [5.74, 6) is 1.75. The van der Waals surface area contributed by atoms with Gasteiger partial charge in [0.05, 0.1) is 6.61 Å². The van der Waals surface area contributed by atoms with Crippen molar-refractivity contribution < 1.29 is 9.53 Å². The van der Waals surface area contributed by atoms with E-state index >= 15 is 0 Å². The molecule has 0 aromatic heterocycles. The van der Waals surface area contributed by atoms with E-state index < -0.39 is 0 Å². The lowest BCUT2D eigenvalue weighted by Gasteiger charge is -2.24. The molecule has 2 aliphatic rings. The summed E-state index contributed by atoms with van der Waals surface area (Å²) in [6.07, 6.45) is 2.79. The van der Waals surface area contributed by atoms with Crippen LogP contribution in [0.2, 0.25) is 0 Å². The number of guanidine groups is 1. The van der Waals surface area contributed by atoms with Crippen molar-refractivity contribution >= 4 is 11.9 Å². The number of benzene rings is 1. The van der Waals surface area contributed by atoms with Crippen LogP contribution in [0.25, 0.3) is 0 Å². The van der Waals surface area contributed by atoms with Gasteiger partial charge in [-0.25, -0.2) is 0 Å². The molecule has 142 valence electrons. The van der Waals surface area contributed by atoms with E-state index in [2.05, 4.69) is 46.5 Å². The third kappa shape index (κ3) is 4.97. The van der Waals surface area contributed by atoms with E-state index in [0.717, 1.165) is 51.6 Å². The van der Waals surface area contributed by atoms with Gasteiger partial charge in [0.1, 0.15) is 0 Å². The fourth-order valence-corrected chi connectivity index (χ4v) is 3.70. The molecule has 6 nitrogen and oxygen atoms in total. The first-order chi connectivity index (χ1) is 12.7. The van der Waals surface area contributed by atoms with E-state index in [1.165, 1.54) is 11.1 Å². The number of nitrogens with one attached hydrogen (secondary N) is 1. The zero-order chi connectivity index (χ0) is 18.4. The third-order valence-electron chi connectivity index (χ3n) is 5.12. The molecule has 1 amide bonds. The van der Waals surface area contributed by atoms with Crippen LogP contribution in [0.4, 0.5) is 0 Å². The van der Waals surface area contributed by atoms with Crippen LogP contribution in [0.1, 0.15) is 30.4 Å². The van der Waals surface area contributed by atoms with Gasteiger partial charge in [0, 0.05) is 59.2 Å². The molecule has 0 aliphatic carbocycles. The Bertz CT molecular complexity index is 640. The fraction of sp³-hybridized carbons (Fsp3) is 0.600. The SMILES string of the molecule is CN=C(NCc1cccc(CN2CCCC2=O)c1)N(C)CC1CCOC1. The summed E-state index contributed by atoms with van der Waals surface area (Å²) >= 11 is 0. The van der Waals surface area contributed by atoms with E-state index in [-0.39, 0.29) is 5.91 Å². The Morgan fingerprint density at radius 3 is 2.96 bits per heavy atom. The second-order valence-electron chi connectivity index (χ2n) is 7.25. The van der Waals surface area contributed by atoms with E-state index in [1.54, 1.807) is 0 Å². The molecule has 0 radical (unpaired) electrons. The summed E-state index contributed by atoms with van der Waals surface area (Å²) in [6, 6.07) is 8.45. The van der Waals surface area contributed by atoms with Gasteiger partial charge in [0.2, 0.25) is 5.91 Å². The Morgan fingerprint density at radius 1 is 1.42 bits per heavy atom. The van der Waals surface area contributed by atoms with Crippen LogP contribution >= 0.6 is 0 Å². The first kappa shape index (κ1) is 18.7. The lowest BCUT2D eigenvalue weighted by molar-refractivity contribution is -0.128. The van der Waals surface area contributed by atoms with Crippen LogP contribution in [-0.4, -0.2) is 62.1 Å². The van der Waals surface area contributed by atoms with Crippen LogP contribution < -0.4 is 5.32 Å². The molecule has 1 N–H and O–H groups in total. The predicted octanol–water partition coefficient (Wildman–Crippen LogP) is 1.85. The minimum atomic E-state index is 0.270. The van der Waals surface area contributed by atoms with Crippen LogP contribution in [0.3, 0.4) is 0 Å². The number of carbonyl (C=O) groups excluding carboxylic acids is 1. The molecule has 3 rings (SSSR count). The van der Waals surface area contributed by atoms with Crippen molar-refractivity contribution in [2.75, 3.05) is 40.4 Å². The van der Waals surface area contributed by atoms with Gasteiger partial charge in [-0.3, -0.25) is 9.79 Å². The summed E-state index contributed by atoms with van der Waals surface area (Å²) < 4.78 is 5.46. The minimum absolute atomic E-state index is 0.270. The Morgan fingerprint density at radius 2 is 2.27 bits per heavy atom. The number of aliphatic imine (C=N–C) groups is 1. The van der Waals surface area contributed by atoms with Crippen LogP contribution in [0, 0.1) is 5.92 Å². The quantitative estimate of drug-likeness (QED) is 0.623. The van der Waals surface area contributed by atoms with Crippen molar-refractivity contribution in [1.82, 2.24) is 15.1 Å². The molecule has 1 unspecified atom stereocenters. The smallest absolute Gasteiger partial charge is 0.222 e. The van der Waals surface area contributed by atoms with Crippen molar-refractivity contribution in [2.24, 2.45) is 10.9 Å². The van der Waals surface area contributed by atoms with Gasteiger partial charge >= 0.3 is 0 Å². The molecular weight excluding hydrogens is 328 g/mol. The summed E-state index contributed by atoms with van der Waals surface area (Å²) in [5, 5.41) is 3.44. The van der Waals surface area contributed by atoms with Gasteiger partial charge in [-0.15, -0.1) is 0 Å². The molecule has 6 heteroatoms. The largest absolute Gasteiger partial charge is 0.381 e. The van der Waals surface area contributed by atoms with E-state index in [9.17, 15) is 4.79 Å². The highest BCUT2D eigenvalue weighted by Crippen LogP contribution is 2.16. The average Bonchev–Trinajstić information content (AvgIpc) is 3.28. The number of hydrogen-bond donors (Lipinski definition) is 1. The molecule has 1 aromatic rings. The maximum atomic E-state index is 11.8. The summed E-state index contributed by atoms with van der Waals surface area (Å²) in [5.41, 5.74) is 2.39. The average molecular weight is 358 g/mol. The maximum absolute atomic E-state index is 11.8. The molecular formula is C20H30N4O2. The Balaban J connectivity index is 1.52. The lowest BCUT2D eigenvalue weighted by atomic mass is 10.1. The number of nitrogens with zero attached hydrogens (tertiary/aromatic N) is 3. The maximum Gasteiger partial charge on any atom is 0.222 e. The third-order valence-corrected chi connectivity index (χ3v) is 5.12. The molecule has 2 aliphatic heterocycles. The van der Waals surface area contributed by atoms with Gasteiger partial charge in [-0.1, -0.05) is 24.3 Å². The van der Waals surface area contributed by atoms with E-state index in [4.69, 9.17) is 4.74 Å². The molecule has 2 saturated heterocycles. The van der Waals surface area contributed by atoms with E-state index in [1.807, 2.05) is 11.9 Å². The highest BCUT2D eigenvalue weighted by molar-refractivity contribution is 5.79. The minimum Gasteiger partial charge on any atom is -0.381 e. The van der Waals surface area contributed by atoms with Crippen molar-refractivity contribution in [3.8, 4) is 0 Å². The van der Waals surface area contributed by atoms with Gasteiger partial charge in [-0.2, -0.15) is 0 Å². The van der Waals surface area contributed by atoms with E-state index in [0.29, 0.717) is 18.9 Å². The fourth-order valence-electron chi connectivity index (χ4n) is 3.70. The second kappa shape index (κ2) is 9.03.